The van der Waals surface area contributed by atoms with Crippen molar-refractivity contribution >= 4 is 5.91 Å². The molecule has 5 nitrogen and oxygen atoms in total. The van der Waals surface area contributed by atoms with Crippen LogP contribution in [-0.4, -0.2) is 39.7 Å². The van der Waals surface area contributed by atoms with Crippen LogP contribution >= 0.6 is 0 Å². The van der Waals surface area contributed by atoms with E-state index in [0.717, 1.165) is 51.0 Å². The molecule has 3 rings (SSSR count). The summed E-state index contributed by atoms with van der Waals surface area (Å²) in [5.41, 5.74) is 3.67. The van der Waals surface area contributed by atoms with Gasteiger partial charge in [-0.05, 0) is 39.5 Å². The highest BCUT2D eigenvalue weighted by atomic mass is 16.2. The lowest BCUT2D eigenvalue weighted by atomic mass is 10.0. The lowest BCUT2D eigenvalue weighted by Crippen LogP contribution is -2.45. The van der Waals surface area contributed by atoms with Gasteiger partial charge >= 0.3 is 0 Å². The fraction of sp³-hybridized carbons (Fsp3) is 0.750. The van der Waals surface area contributed by atoms with Crippen molar-refractivity contribution in [3.05, 3.63) is 17.0 Å². The molecule has 1 saturated heterocycles. The predicted molar refractivity (Wildman–Crippen MR) is 81.8 cm³/mol. The molecule has 2 aliphatic rings. The van der Waals surface area contributed by atoms with Crippen LogP contribution in [0.5, 0.6) is 0 Å². The minimum absolute atomic E-state index is 0.357. The number of likely N-dealkylation sites (tertiary alicyclic amines) is 1. The fourth-order valence-corrected chi connectivity index (χ4v) is 3.21. The average molecular weight is 290 g/mol. The van der Waals surface area contributed by atoms with Crippen LogP contribution in [0.15, 0.2) is 0 Å². The molecule has 2 fully saturated rings. The van der Waals surface area contributed by atoms with Crippen LogP contribution in [0.1, 0.15) is 42.6 Å². The Morgan fingerprint density at radius 2 is 1.90 bits per heavy atom. The third-order valence-corrected chi connectivity index (χ3v) is 4.96. The van der Waals surface area contributed by atoms with E-state index in [1.165, 1.54) is 11.3 Å². The molecule has 1 aromatic heterocycles. The predicted octanol–water partition coefficient (Wildman–Crippen LogP) is 1.53. The van der Waals surface area contributed by atoms with Gasteiger partial charge in [-0.15, -0.1) is 0 Å². The number of carbonyl (C=O) groups is 1. The first-order chi connectivity index (χ1) is 10.1. The summed E-state index contributed by atoms with van der Waals surface area (Å²) in [7, 11) is 1.99. The number of nitrogens with zero attached hydrogens (tertiary/aromatic N) is 3. The molecule has 0 atom stereocenters. The van der Waals surface area contributed by atoms with Crippen LogP contribution in [0.3, 0.4) is 0 Å². The minimum atomic E-state index is 0.357. The topological polar surface area (TPSA) is 50.2 Å². The first-order valence-corrected chi connectivity index (χ1v) is 8.07. The Balaban J connectivity index is 1.48. The summed E-state index contributed by atoms with van der Waals surface area (Å²) in [5.74, 6) is 0.752. The molecular formula is C16H26N4O. The molecule has 2 heterocycles. The largest absolute Gasteiger partial charge is 0.342 e. The van der Waals surface area contributed by atoms with Gasteiger partial charge in [0.15, 0.2) is 0 Å². The quantitative estimate of drug-likeness (QED) is 0.915. The van der Waals surface area contributed by atoms with Crippen LogP contribution < -0.4 is 5.32 Å². The van der Waals surface area contributed by atoms with Gasteiger partial charge in [0.2, 0.25) is 5.91 Å². The molecule has 1 aliphatic carbocycles. The summed E-state index contributed by atoms with van der Waals surface area (Å²) in [4.78, 5) is 14.1. The zero-order valence-corrected chi connectivity index (χ0v) is 13.4. The third-order valence-electron chi connectivity index (χ3n) is 4.96. The van der Waals surface area contributed by atoms with Crippen molar-refractivity contribution in [2.75, 3.05) is 13.1 Å². The van der Waals surface area contributed by atoms with Crippen molar-refractivity contribution in [2.45, 2.75) is 52.1 Å². The van der Waals surface area contributed by atoms with Crippen molar-refractivity contribution < 1.29 is 4.79 Å². The molecule has 1 N–H and O–H groups in total. The Morgan fingerprint density at radius 3 is 2.43 bits per heavy atom. The highest BCUT2D eigenvalue weighted by Crippen LogP contribution is 2.31. The number of carbonyl (C=O) groups excluding carboxylic acids is 1. The number of nitrogens with one attached hydrogen (secondary N) is 1. The maximum atomic E-state index is 12.0. The van der Waals surface area contributed by atoms with Gasteiger partial charge in [-0.25, -0.2) is 0 Å². The zero-order chi connectivity index (χ0) is 15.0. The molecule has 5 heteroatoms. The van der Waals surface area contributed by atoms with Crippen LogP contribution in [0.4, 0.5) is 0 Å². The van der Waals surface area contributed by atoms with Gasteiger partial charge in [-0.3, -0.25) is 9.48 Å². The van der Waals surface area contributed by atoms with Gasteiger partial charge in [0, 0.05) is 49.9 Å². The van der Waals surface area contributed by atoms with Crippen molar-refractivity contribution in [2.24, 2.45) is 13.0 Å². The van der Waals surface area contributed by atoms with E-state index in [-0.39, 0.29) is 0 Å². The van der Waals surface area contributed by atoms with E-state index in [2.05, 4.69) is 29.2 Å². The maximum Gasteiger partial charge on any atom is 0.225 e. The van der Waals surface area contributed by atoms with Gasteiger partial charge in [-0.2, -0.15) is 5.10 Å². The van der Waals surface area contributed by atoms with E-state index < -0.39 is 0 Å². The Labute approximate surface area is 126 Å². The van der Waals surface area contributed by atoms with Crippen LogP contribution in [0.2, 0.25) is 0 Å². The Morgan fingerprint density at radius 1 is 1.24 bits per heavy atom. The van der Waals surface area contributed by atoms with E-state index >= 15 is 0 Å². The maximum absolute atomic E-state index is 12.0. The second-order valence-corrected chi connectivity index (χ2v) is 6.53. The molecule has 1 aliphatic heterocycles. The monoisotopic (exact) mass is 290 g/mol. The second-order valence-electron chi connectivity index (χ2n) is 6.53. The second kappa shape index (κ2) is 5.79. The Bertz CT molecular complexity index is 525. The zero-order valence-electron chi connectivity index (χ0n) is 13.4. The molecule has 0 unspecified atom stereocenters. The number of amides is 1. The number of rotatable bonds is 4. The normalized spacial score (nSPS) is 20.0. The molecule has 0 radical (unpaired) electrons. The number of aromatic nitrogens is 2. The van der Waals surface area contributed by atoms with Crippen molar-refractivity contribution in [3.63, 3.8) is 0 Å². The SMILES string of the molecule is Cc1nn(C)c(C)c1CNC1CCN(C(=O)C2CC2)CC1. The molecule has 0 spiro atoms. The average Bonchev–Trinajstić information content (AvgIpc) is 3.28. The van der Waals surface area contributed by atoms with Gasteiger partial charge in [-0.1, -0.05) is 0 Å². The molecule has 1 aromatic rings. The van der Waals surface area contributed by atoms with Gasteiger partial charge in [0.05, 0.1) is 5.69 Å². The highest BCUT2D eigenvalue weighted by molar-refractivity contribution is 5.81. The van der Waals surface area contributed by atoms with Crippen molar-refractivity contribution in [1.29, 1.82) is 0 Å². The summed E-state index contributed by atoms with van der Waals surface area (Å²) in [6.45, 7) is 6.90. The molecule has 21 heavy (non-hydrogen) atoms. The van der Waals surface area contributed by atoms with Gasteiger partial charge < -0.3 is 10.2 Å². The molecule has 1 amide bonds. The van der Waals surface area contributed by atoms with Gasteiger partial charge in [0.25, 0.3) is 0 Å². The van der Waals surface area contributed by atoms with Gasteiger partial charge in [0.1, 0.15) is 0 Å². The lowest BCUT2D eigenvalue weighted by molar-refractivity contribution is -0.133. The summed E-state index contributed by atoms with van der Waals surface area (Å²) in [6, 6.07) is 0.521. The smallest absolute Gasteiger partial charge is 0.225 e. The summed E-state index contributed by atoms with van der Waals surface area (Å²) >= 11 is 0. The first kappa shape index (κ1) is 14.6. The number of piperidine rings is 1. The molecule has 116 valence electrons. The summed E-state index contributed by atoms with van der Waals surface area (Å²) in [6.07, 6.45) is 4.35. The number of aryl methyl sites for hydroxylation is 2. The van der Waals surface area contributed by atoms with E-state index in [0.29, 0.717) is 17.9 Å². The minimum Gasteiger partial charge on any atom is -0.342 e. The van der Waals surface area contributed by atoms with Crippen molar-refractivity contribution in [3.8, 4) is 0 Å². The van der Waals surface area contributed by atoms with E-state index in [4.69, 9.17) is 0 Å². The number of hydrogen-bond acceptors (Lipinski definition) is 3. The Hall–Kier alpha value is -1.36. The van der Waals surface area contributed by atoms with Crippen LogP contribution in [0, 0.1) is 19.8 Å². The third kappa shape index (κ3) is 3.12. The number of hydrogen-bond donors (Lipinski definition) is 1. The molecule has 1 saturated carbocycles. The fourth-order valence-electron chi connectivity index (χ4n) is 3.21. The van der Waals surface area contributed by atoms with E-state index in [1.54, 1.807) is 0 Å². The summed E-state index contributed by atoms with van der Waals surface area (Å²) in [5, 5.41) is 8.11. The summed E-state index contributed by atoms with van der Waals surface area (Å²) < 4.78 is 1.95. The molecular weight excluding hydrogens is 264 g/mol. The Kier molecular flexibility index (Phi) is 4.02. The standard InChI is InChI=1S/C16H26N4O/c1-11-15(12(2)19(3)18-11)10-17-14-6-8-20(9-7-14)16(21)13-4-5-13/h13-14,17H,4-10H2,1-3H3. The van der Waals surface area contributed by atoms with Crippen LogP contribution in [0.25, 0.3) is 0 Å². The molecule has 0 bridgehead atoms. The van der Waals surface area contributed by atoms with E-state index in [9.17, 15) is 4.79 Å². The van der Waals surface area contributed by atoms with E-state index in [1.807, 2.05) is 11.7 Å². The highest BCUT2D eigenvalue weighted by Gasteiger charge is 2.34. The lowest BCUT2D eigenvalue weighted by Gasteiger charge is -2.32. The van der Waals surface area contributed by atoms with Crippen LogP contribution in [-0.2, 0) is 18.4 Å². The first-order valence-electron chi connectivity index (χ1n) is 8.07. The molecule has 0 aromatic carbocycles. The van der Waals surface area contributed by atoms with Crippen molar-refractivity contribution in [1.82, 2.24) is 20.0 Å².